The first-order valence-electron chi connectivity index (χ1n) is 8.77. The molecule has 0 atom stereocenters. The molecular formula is C19H23N3O2. The summed E-state index contributed by atoms with van der Waals surface area (Å²) in [6.07, 6.45) is 8.00. The number of rotatable bonds is 4. The monoisotopic (exact) mass is 325 g/mol. The molecule has 0 aromatic heterocycles. The van der Waals surface area contributed by atoms with E-state index in [0.717, 1.165) is 25.7 Å². The largest absolute Gasteiger partial charge is 0.352 e. The Hall–Kier alpha value is -2.35. The van der Waals surface area contributed by atoms with Gasteiger partial charge in [-0.1, -0.05) is 25.7 Å². The SMILES string of the molecule is N#Cc1ccc(NC(=O)C2(C(=O)NC3CCCCCC3)CC2)cc1. The second-order valence-corrected chi connectivity index (χ2v) is 6.89. The van der Waals surface area contributed by atoms with Gasteiger partial charge in [0.25, 0.3) is 0 Å². The Morgan fingerprint density at radius 1 is 1.00 bits per heavy atom. The summed E-state index contributed by atoms with van der Waals surface area (Å²) in [5.74, 6) is -0.362. The summed E-state index contributed by atoms with van der Waals surface area (Å²) in [5, 5.41) is 14.7. The van der Waals surface area contributed by atoms with Crippen molar-refractivity contribution in [3.63, 3.8) is 0 Å². The van der Waals surface area contributed by atoms with E-state index in [1.54, 1.807) is 24.3 Å². The highest BCUT2D eigenvalue weighted by Crippen LogP contribution is 2.47. The Bertz CT molecular complexity index is 648. The molecule has 0 bridgehead atoms. The van der Waals surface area contributed by atoms with Crippen LogP contribution in [0.2, 0.25) is 0 Å². The van der Waals surface area contributed by atoms with Crippen molar-refractivity contribution in [1.82, 2.24) is 5.32 Å². The molecule has 3 rings (SSSR count). The van der Waals surface area contributed by atoms with Gasteiger partial charge in [-0.2, -0.15) is 5.26 Å². The van der Waals surface area contributed by atoms with Crippen molar-refractivity contribution in [3.05, 3.63) is 29.8 Å². The lowest BCUT2D eigenvalue weighted by Crippen LogP contribution is -2.44. The summed E-state index contributed by atoms with van der Waals surface area (Å²) < 4.78 is 0. The number of nitrogens with zero attached hydrogens (tertiary/aromatic N) is 1. The number of nitriles is 1. The Labute approximate surface area is 142 Å². The van der Waals surface area contributed by atoms with Gasteiger partial charge in [0.1, 0.15) is 5.41 Å². The molecule has 126 valence electrons. The zero-order chi connectivity index (χ0) is 17.0. The maximum atomic E-state index is 12.6. The van der Waals surface area contributed by atoms with Crippen LogP contribution in [-0.4, -0.2) is 17.9 Å². The van der Waals surface area contributed by atoms with E-state index in [-0.39, 0.29) is 17.9 Å². The summed E-state index contributed by atoms with van der Waals surface area (Å²) >= 11 is 0. The molecule has 2 aliphatic rings. The average Bonchev–Trinajstić information content (AvgIpc) is 3.41. The van der Waals surface area contributed by atoms with Crippen LogP contribution in [0, 0.1) is 16.7 Å². The van der Waals surface area contributed by atoms with Gasteiger partial charge in [-0.25, -0.2) is 0 Å². The van der Waals surface area contributed by atoms with E-state index in [1.807, 2.05) is 6.07 Å². The minimum atomic E-state index is -0.903. The van der Waals surface area contributed by atoms with Crippen LogP contribution >= 0.6 is 0 Å². The Morgan fingerprint density at radius 3 is 2.17 bits per heavy atom. The van der Waals surface area contributed by atoms with Crippen LogP contribution in [-0.2, 0) is 9.59 Å². The lowest BCUT2D eigenvalue weighted by molar-refractivity contribution is -0.134. The molecule has 0 heterocycles. The van der Waals surface area contributed by atoms with Gasteiger partial charge in [0.15, 0.2) is 0 Å². The second kappa shape index (κ2) is 7.04. The van der Waals surface area contributed by atoms with Gasteiger partial charge in [0.05, 0.1) is 11.6 Å². The van der Waals surface area contributed by atoms with E-state index >= 15 is 0 Å². The van der Waals surface area contributed by atoms with Gasteiger partial charge in [-0.15, -0.1) is 0 Å². The third-order valence-electron chi connectivity index (χ3n) is 5.08. The maximum Gasteiger partial charge on any atom is 0.240 e. The van der Waals surface area contributed by atoms with Gasteiger partial charge >= 0.3 is 0 Å². The molecule has 2 saturated carbocycles. The van der Waals surface area contributed by atoms with Crippen LogP contribution in [0.5, 0.6) is 0 Å². The molecule has 1 aromatic carbocycles. The summed E-state index contributed by atoms with van der Waals surface area (Å²) in [6.45, 7) is 0. The molecule has 2 aliphatic carbocycles. The minimum Gasteiger partial charge on any atom is -0.352 e. The first-order chi connectivity index (χ1) is 11.6. The molecule has 0 aliphatic heterocycles. The number of anilines is 1. The van der Waals surface area contributed by atoms with Crippen LogP contribution in [0.15, 0.2) is 24.3 Å². The van der Waals surface area contributed by atoms with E-state index in [2.05, 4.69) is 10.6 Å². The summed E-state index contributed by atoms with van der Waals surface area (Å²) in [4.78, 5) is 25.2. The highest BCUT2D eigenvalue weighted by atomic mass is 16.2. The molecule has 5 heteroatoms. The minimum absolute atomic E-state index is 0.124. The van der Waals surface area contributed by atoms with Crippen molar-refractivity contribution in [3.8, 4) is 6.07 Å². The molecule has 0 spiro atoms. The van der Waals surface area contributed by atoms with Crippen LogP contribution in [0.3, 0.4) is 0 Å². The van der Waals surface area contributed by atoms with E-state index in [0.29, 0.717) is 24.1 Å². The van der Waals surface area contributed by atoms with E-state index in [9.17, 15) is 9.59 Å². The van der Waals surface area contributed by atoms with Crippen molar-refractivity contribution >= 4 is 17.5 Å². The molecular weight excluding hydrogens is 302 g/mol. The third kappa shape index (κ3) is 3.59. The standard InChI is InChI=1S/C19H23N3O2/c20-13-14-7-9-16(10-8-14)22-18(24)19(11-12-19)17(23)21-15-5-3-1-2-4-6-15/h7-10,15H,1-6,11-12H2,(H,21,23)(H,22,24). The average molecular weight is 325 g/mol. The number of carbonyl (C=O) groups is 2. The van der Waals surface area contributed by atoms with Crippen LogP contribution in [0.1, 0.15) is 56.9 Å². The predicted octanol–water partition coefficient (Wildman–Crippen LogP) is 3.12. The first kappa shape index (κ1) is 16.5. The fourth-order valence-electron chi connectivity index (χ4n) is 3.31. The number of amides is 2. The fraction of sp³-hybridized carbons (Fsp3) is 0.526. The number of nitrogens with one attached hydrogen (secondary N) is 2. The van der Waals surface area contributed by atoms with Gasteiger partial charge in [-0.3, -0.25) is 9.59 Å². The molecule has 2 amide bonds. The first-order valence-corrected chi connectivity index (χ1v) is 8.77. The third-order valence-corrected chi connectivity index (χ3v) is 5.08. The van der Waals surface area contributed by atoms with Crippen molar-refractivity contribution in [2.24, 2.45) is 5.41 Å². The molecule has 24 heavy (non-hydrogen) atoms. The van der Waals surface area contributed by atoms with Crippen LogP contribution in [0.25, 0.3) is 0 Å². The van der Waals surface area contributed by atoms with E-state index < -0.39 is 5.41 Å². The van der Waals surface area contributed by atoms with Crippen LogP contribution < -0.4 is 10.6 Å². The van der Waals surface area contributed by atoms with E-state index in [4.69, 9.17) is 5.26 Å². The van der Waals surface area contributed by atoms with Gasteiger partial charge in [0.2, 0.25) is 11.8 Å². The van der Waals surface area contributed by atoms with Gasteiger partial charge in [0, 0.05) is 11.7 Å². The summed E-state index contributed by atoms with van der Waals surface area (Å²) in [5.41, 5.74) is 0.257. The Morgan fingerprint density at radius 2 is 1.62 bits per heavy atom. The highest BCUT2D eigenvalue weighted by molar-refractivity contribution is 6.13. The molecule has 2 N–H and O–H groups in total. The highest BCUT2D eigenvalue weighted by Gasteiger charge is 2.56. The zero-order valence-electron chi connectivity index (χ0n) is 13.8. The second-order valence-electron chi connectivity index (χ2n) is 6.89. The summed E-state index contributed by atoms with van der Waals surface area (Å²) in [6, 6.07) is 8.94. The molecule has 0 unspecified atom stereocenters. The normalized spacial score (nSPS) is 19.6. The number of benzene rings is 1. The quantitative estimate of drug-likeness (QED) is 0.659. The molecule has 5 nitrogen and oxygen atoms in total. The number of carbonyl (C=O) groups excluding carboxylic acids is 2. The molecule has 2 fully saturated rings. The Balaban J connectivity index is 1.60. The van der Waals surface area contributed by atoms with Crippen molar-refractivity contribution < 1.29 is 9.59 Å². The molecule has 0 radical (unpaired) electrons. The smallest absolute Gasteiger partial charge is 0.240 e. The summed E-state index contributed by atoms with van der Waals surface area (Å²) in [7, 11) is 0. The van der Waals surface area contributed by atoms with Crippen molar-refractivity contribution in [2.75, 3.05) is 5.32 Å². The van der Waals surface area contributed by atoms with Gasteiger partial charge in [-0.05, 0) is 49.9 Å². The molecule has 0 saturated heterocycles. The fourth-order valence-corrected chi connectivity index (χ4v) is 3.31. The zero-order valence-corrected chi connectivity index (χ0v) is 13.8. The van der Waals surface area contributed by atoms with Crippen molar-refractivity contribution in [1.29, 1.82) is 5.26 Å². The van der Waals surface area contributed by atoms with E-state index in [1.165, 1.54) is 12.8 Å². The number of hydrogen-bond donors (Lipinski definition) is 2. The Kier molecular flexibility index (Phi) is 4.84. The van der Waals surface area contributed by atoms with Crippen LogP contribution in [0.4, 0.5) is 5.69 Å². The number of hydrogen-bond acceptors (Lipinski definition) is 3. The topological polar surface area (TPSA) is 82.0 Å². The lowest BCUT2D eigenvalue weighted by atomic mass is 10.0. The molecule has 1 aromatic rings. The predicted molar refractivity (Wildman–Crippen MR) is 91.1 cm³/mol. The van der Waals surface area contributed by atoms with Crippen molar-refractivity contribution in [2.45, 2.75) is 57.4 Å². The lowest BCUT2D eigenvalue weighted by Gasteiger charge is -2.21. The van der Waals surface area contributed by atoms with Gasteiger partial charge < -0.3 is 10.6 Å². The maximum absolute atomic E-state index is 12.6.